The molecule has 0 saturated heterocycles. The van der Waals surface area contributed by atoms with Crippen molar-refractivity contribution in [2.45, 2.75) is 13.3 Å². The topological polar surface area (TPSA) is 75.1 Å². The van der Waals surface area contributed by atoms with Crippen LogP contribution in [0, 0.1) is 6.92 Å². The van der Waals surface area contributed by atoms with Crippen LogP contribution in [0.15, 0.2) is 24.4 Å². The van der Waals surface area contributed by atoms with Gasteiger partial charge in [-0.15, -0.1) is 0 Å². The second kappa shape index (κ2) is 5.70. The summed E-state index contributed by atoms with van der Waals surface area (Å²) in [6.45, 7) is 1.97. The number of hydrogen-bond donors (Lipinski definition) is 2. The largest absolute Gasteiger partial charge is 0.396 e. The van der Waals surface area contributed by atoms with Crippen LogP contribution in [0.2, 0.25) is 0 Å². The lowest BCUT2D eigenvalue weighted by molar-refractivity contribution is 0.102. The summed E-state index contributed by atoms with van der Waals surface area (Å²) in [6, 6.07) is 5.28. The van der Waals surface area contributed by atoms with E-state index in [1.165, 1.54) is 11.5 Å². The first-order valence-electron chi connectivity index (χ1n) is 5.49. The number of carbonyl (C=O) groups is 1. The summed E-state index contributed by atoms with van der Waals surface area (Å²) in [5.41, 5.74) is 1.32. The number of anilines is 1. The van der Waals surface area contributed by atoms with E-state index in [4.69, 9.17) is 5.11 Å². The van der Waals surface area contributed by atoms with E-state index in [0.717, 1.165) is 10.4 Å². The molecule has 94 valence electrons. The Bertz CT molecular complexity index is 554. The molecule has 2 heterocycles. The van der Waals surface area contributed by atoms with Gasteiger partial charge in [0.15, 0.2) is 0 Å². The Morgan fingerprint density at radius 1 is 1.50 bits per heavy atom. The highest BCUT2D eigenvalue weighted by Gasteiger charge is 2.10. The van der Waals surface area contributed by atoms with Crippen LogP contribution < -0.4 is 5.32 Å². The van der Waals surface area contributed by atoms with Gasteiger partial charge in [-0.05, 0) is 48.6 Å². The van der Waals surface area contributed by atoms with E-state index in [9.17, 15) is 4.79 Å². The van der Waals surface area contributed by atoms with Crippen LogP contribution in [-0.2, 0) is 6.42 Å². The zero-order valence-corrected chi connectivity index (χ0v) is 10.7. The van der Waals surface area contributed by atoms with Crippen molar-refractivity contribution in [1.82, 2.24) is 9.36 Å². The van der Waals surface area contributed by atoms with Crippen LogP contribution in [0.25, 0.3) is 0 Å². The fourth-order valence-electron chi connectivity index (χ4n) is 1.48. The highest BCUT2D eigenvalue weighted by molar-refractivity contribution is 7.05. The van der Waals surface area contributed by atoms with Crippen LogP contribution in [-0.4, -0.2) is 27.0 Å². The van der Waals surface area contributed by atoms with Crippen molar-refractivity contribution in [2.24, 2.45) is 0 Å². The molecule has 0 aliphatic rings. The third-order valence-electron chi connectivity index (χ3n) is 2.33. The van der Waals surface area contributed by atoms with Gasteiger partial charge in [0.1, 0.15) is 11.5 Å². The van der Waals surface area contributed by atoms with Crippen molar-refractivity contribution < 1.29 is 9.90 Å². The smallest absolute Gasteiger partial charge is 0.276 e. The predicted octanol–water partition coefficient (Wildman–Crippen LogP) is 1.63. The van der Waals surface area contributed by atoms with Gasteiger partial charge in [-0.2, -0.15) is 4.37 Å². The number of nitrogens with zero attached hydrogens (tertiary/aromatic N) is 2. The molecule has 0 bridgehead atoms. The monoisotopic (exact) mass is 263 g/mol. The third-order valence-corrected chi connectivity index (χ3v) is 3.02. The van der Waals surface area contributed by atoms with Gasteiger partial charge in [-0.1, -0.05) is 0 Å². The molecule has 18 heavy (non-hydrogen) atoms. The molecular weight excluding hydrogens is 250 g/mol. The average Bonchev–Trinajstić information content (AvgIpc) is 2.77. The Morgan fingerprint density at radius 3 is 3.00 bits per heavy atom. The minimum Gasteiger partial charge on any atom is -0.396 e. The number of aliphatic hydroxyl groups is 1. The van der Waals surface area contributed by atoms with Crippen LogP contribution >= 0.6 is 11.5 Å². The molecule has 0 aliphatic heterocycles. The maximum Gasteiger partial charge on any atom is 0.276 e. The standard InChI is InChI=1S/C12H13N3O2S/c1-8-6-10(15-18-8)12(17)14-11-7-9(3-5-16)2-4-13-11/h2,4,6-7,16H,3,5H2,1H3,(H,13,14,17). The molecule has 0 aromatic carbocycles. The van der Waals surface area contributed by atoms with Gasteiger partial charge in [-0.25, -0.2) is 4.98 Å². The van der Waals surface area contributed by atoms with E-state index in [0.29, 0.717) is 17.9 Å². The van der Waals surface area contributed by atoms with Crippen LogP contribution in [0.1, 0.15) is 20.9 Å². The molecule has 2 N–H and O–H groups in total. The molecule has 6 heteroatoms. The number of pyridine rings is 1. The normalized spacial score (nSPS) is 10.3. The number of amides is 1. The van der Waals surface area contributed by atoms with Gasteiger partial charge in [0.25, 0.3) is 5.91 Å². The van der Waals surface area contributed by atoms with E-state index in [1.54, 1.807) is 24.4 Å². The molecule has 1 amide bonds. The van der Waals surface area contributed by atoms with Crippen molar-refractivity contribution >= 4 is 23.3 Å². The minimum absolute atomic E-state index is 0.0721. The van der Waals surface area contributed by atoms with E-state index < -0.39 is 0 Å². The Morgan fingerprint density at radius 2 is 2.33 bits per heavy atom. The number of hydrogen-bond acceptors (Lipinski definition) is 5. The summed E-state index contributed by atoms with van der Waals surface area (Å²) < 4.78 is 4.03. The van der Waals surface area contributed by atoms with E-state index in [-0.39, 0.29) is 12.5 Å². The van der Waals surface area contributed by atoms with Crippen LogP contribution in [0.4, 0.5) is 5.82 Å². The van der Waals surface area contributed by atoms with E-state index in [2.05, 4.69) is 14.7 Å². The lowest BCUT2D eigenvalue weighted by Gasteiger charge is -2.04. The van der Waals surface area contributed by atoms with Crippen molar-refractivity contribution in [3.05, 3.63) is 40.5 Å². The summed E-state index contributed by atoms with van der Waals surface area (Å²) in [6.07, 6.45) is 2.15. The van der Waals surface area contributed by atoms with E-state index in [1.807, 2.05) is 6.92 Å². The fourth-order valence-corrected chi connectivity index (χ4v) is 2.02. The van der Waals surface area contributed by atoms with Gasteiger partial charge in [0.2, 0.25) is 0 Å². The lowest BCUT2D eigenvalue weighted by atomic mass is 10.2. The number of rotatable bonds is 4. The maximum absolute atomic E-state index is 11.8. The quantitative estimate of drug-likeness (QED) is 0.879. The minimum atomic E-state index is -0.270. The number of aromatic nitrogens is 2. The van der Waals surface area contributed by atoms with Gasteiger partial charge in [-0.3, -0.25) is 4.79 Å². The molecule has 2 rings (SSSR count). The first kappa shape index (κ1) is 12.7. The molecule has 0 radical (unpaired) electrons. The van der Waals surface area contributed by atoms with Crippen molar-refractivity contribution in [3.63, 3.8) is 0 Å². The summed E-state index contributed by atoms with van der Waals surface area (Å²) in [7, 11) is 0. The molecule has 0 spiro atoms. The molecule has 0 saturated carbocycles. The predicted molar refractivity (Wildman–Crippen MR) is 69.8 cm³/mol. The number of aryl methyl sites for hydroxylation is 1. The molecule has 0 atom stereocenters. The zero-order chi connectivity index (χ0) is 13.0. The van der Waals surface area contributed by atoms with Crippen LogP contribution in [0.3, 0.4) is 0 Å². The van der Waals surface area contributed by atoms with Gasteiger partial charge in [0, 0.05) is 17.7 Å². The summed E-state index contributed by atoms with van der Waals surface area (Å²) in [5, 5.41) is 11.5. The highest BCUT2D eigenvalue weighted by atomic mass is 32.1. The average molecular weight is 263 g/mol. The first-order chi connectivity index (χ1) is 8.69. The highest BCUT2D eigenvalue weighted by Crippen LogP contribution is 2.12. The summed E-state index contributed by atoms with van der Waals surface area (Å²) in [5.74, 6) is 0.199. The number of carbonyl (C=O) groups excluding carboxylic acids is 1. The van der Waals surface area contributed by atoms with Crippen molar-refractivity contribution in [3.8, 4) is 0 Å². The zero-order valence-electron chi connectivity index (χ0n) is 9.88. The number of aliphatic hydroxyl groups excluding tert-OH is 1. The molecule has 2 aromatic heterocycles. The van der Waals surface area contributed by atoms with Gasteiger partial charge >= 0.3 is 0 Å². The Kier molecular flexibility index (Phi) is 4.01. The molecule has 0 fully saturated rings. The molecule has 0 unspecified atom stereocenters. The second-order valence-corrected chi connectivity index (χ2v) is 4.81. The lowest BCUT2D eigenvalue weighted by Crippen LogP contribution is -2.13. The third kappa shape index (κ3) is 3.12. The summed E-state index contributed by atoms with van der Waals surface area (Å²) >= 11 is 1.29. The maximum atomic E-state index is 11.8. The summed E-state index contributed by atoms with van der Waals surface area (Å²) in [4.78, 5) is 16.9. The van der Waals surface area contributed by atoms with Crippen molar-refractivity contribution in [2.75, 3.05) is 11.9 Å². The second-order valence-electron chi connectivity index (χ2n) is 3.80. The molecular formula is C12H13N3O2S. The molecule has 5 nitrogen and oxygen atoms in total. The SMILES string of the molecule is Cc1cc(C(=O)Nc2cc(CCO)ccn2)ns1. The molecule has 2 aromatic rings. The Labute approximate surface area is 109 Å². The number of nitrogens with one attached hydrogen (secondary N) is 1. The first-order valence-corrected chi connectivity index (χ1v) is 6.27. The fraction of sp³-hybridized carbons (Fsp3) is 0.250. The van der Waals surface area contributed by atoms with Crippen molar-refractivity contribution in [1.29, 1.82) is 0 Å². The van der Waals surface area contributed by atoms with E-state index >= 15 is 0 Å². The van der Waals surface area contributed by atoms with Gasteiger partial charge < -0.3 is 10.4 Å². The Hall–Kier alpha value is -1.79. The van der Waals surface area contributed by atoms with Crippen LogP contribution in [0.5, 0.6) is 0 Å². The molecule has 0 aliphatic carbocycles. The van der Waals surface area contributed by atoms with Gasteiger partial charge in [0.05, 0.1) is 0 Å². The Balaban J connectivity index is 2.09.